The number of sulfone groups is 2. The molecule has 0 saturated carbocycles. The summed E-state index contributed by atoms with van der Waals surface area (Å²) in [4.78, 5) is 23.8. The van der Waals surface area contributed by atoms with Crippen LogP contribution < -0.4 is 0 Å². The Morgan fingerprint density at radius 2 is 1.24 bits per heavy atom. The van der Waals surface area contributed by atoms with Gasteiger partial charge in [0.1, 0.15) is 0 Å². The van der Waals surface area contributed by atoms with Crippen molar-refractivity contribution in [1.29, 1.82) is 0 Å². The van der Waals surface area contributed by atoms with Crippen LogP contribution in [-0.4, -0.2) is 46.1 Å². The Hall–Kier alpha value is -1.42. The van der Waals surface area contributed by atoms with Crippen molar-refractivity contribution in [1.82, 2.24) is 0 Å². The van der Waals surface area contributed by atoms with E-state index >= 15 is 0 Å². The zero-order valence-corrected chi connectivity index (χ0v) is 13.6. The number of carbonyl (C=O) groups excluding carboxylic acids is 2. The lowest BCUT2D eigenvalue weighted by Crippen LogP contribution is -2.43. The predicted octanol–water partition coefficient (Wildman–Crippen LogP) is -0.0965. The van der Waals surface area contributed by atoms with Crippen molar-refractivity contribution in [2.75, 3.05) is 11.5 Å². The number of hydrogen-bond acceptors (Lipinski definition) is 8. The molecule has 8 nitrogen and oxygen atoms in total. The average molecular weight is 340 g/mol. The standard InChI is InChI=1S/C11H16O8S2/c1-5-20(14,15)10(21(16,17)6-2)7-8(12)18-11(3,4)19-9(7)13/h5-6H2,1-4H3. The van der Waals surface area contributed by atoms with Gasteiger partial charge in [0.05, 0.1) is 11.5 Å². The lowest BCUT2D eigenvalue weighted by atomic mass is 10.2. The maximum Gasteiger partial charge on any atom is 0.350 e. The molecule has 0 N–H and O–H groups in total. The lowest BCUT2D eigenvalue weighted by molar-refractivity contribution is -0.222. The van der Waals surface area contributed by atoms with Crippen LogP contribution in [0.1, 0.15) is 27.7 Å². The van der Waals surface area contributed by atoms with Gasteiger partial charge in [-0.3, -0.25) is 0 Å². The lowest BCUT2D eigenvalue weighted by Gasteiger charge is -2.30. The second-order valence-corrected chi connectivity index (χ2v) is 9.34. The topological polar surface area (TPSA) is 121 Å². The smallest absolute Gasteiger partial charge is 0.350 e. The molecule has 0 aromatic rings. The van der Waals surface area contributed by atoms with E-state index in [0.717, 1.165) is 0 Å². The van der Waals surface area contributed by atoms with Crippen molar-refractivity contribution in [3.05, 3.63) is 9.81 Å². The van der Waals surface area contributed by atoms with Gasteiger partial charge in [0.2, 0.25) is 0 Å². The van der Waals surface area contributed by atoms with Crippen LogP contribution in [0.2, 0.25) is 0 Å². The summed E-state index contributed by atoms with van der Waals surface area (Å²) in [7, 11) is -8.69. The van der Waals surface area contributed by atoms with Gasteiger partial charge in [-0.2, -0.15) is 0 Å². The van der Waals surface area contributed by atoms with E-state index in [9.17, 15) is 26.4 Å². The monoisotopic (exact) mass is 340 g/mol. The van der Waals surface area contributed by atoms with Crippen LogP contribution in [0.15, 0.2) is 9.81 Å². The third-order valence-corrected chi connectivity index (χ3v) is 7.20. The number of cyclic esters (lactones) is 2. The molecule has 0 aromatic carbocycles. The van der Waals surface area contributed by atoms with E-state index in [1.54, 1.807) is 0 Å². The Labute approximate surface area is 122 Å². The second kappa shape index (κ2) is 5.41. The van der Waals surface area contributed by atoms with Crippen molar-refractivity contribution in [2.24, 2.45) is 0 Å². The van der Waals surface area contributed by atoms with E-state index < -0.39 is 58.7 Å². The highest BCUT2D eigenvalue weighted by Crippen LogP contribution is 2.29. The molecule has 0 amide bonds. The Bertz CT molecular complexity index is 651. The summed E-state index contributed by atoms with van der Waals surface area (Å²) in [6.07, 6.45) is 0. The quantitative estimate of drug-likeness (QED) is 0.395. The molecular weight excluding hydrogens is 324 g/mol. The van der Waals surface area contributed by atoms with Gasteiger partial charge in [-0.25, -0.2) is 26.4 Å². The Kier molecular flexibility index (Phi) is 4.54. The van der Waals surface area contributed by atoms with E-state index in [2.05, 4.69) is 0 Å². The molecule has 0 aliphatic carbocycles. The molecule has 0 radical (unpaired) electrons. The van der Waals surface area contributed by atoms with E-state index in [-0.39, 0.29) is 0 Å². The SMILES string of the molecule is CCS(=O)(=O)C(=C1C(=O)OC(C)(C)OC1=O)S(=O)(=O)CC. The fourth-order valence-corrected chi connectivity index (χ4v) is 5.32. The molecule has 1 heterocycles. The Morgan fingerprint density at radius 1 is 0.905 bits per heavy atom. The summed E-state index contributed by atoms with van der Waals surface area (Å²) in [5, 5.41) is 0. The third-order valence-electron chi connectivity index (χ3n) is 2.61. The molecule has 1 saturated heterocycles. The van der Waals surface area contributed by atoms with Gasteiger partial charge in [0.25, 0.3) is 5.79 Å². The summed E-state index contributed by atoms with van der Waals surface area (Å²) < 4.78 is 56.3. The van der Waals surface area contributed by atoms with Crippen LogP contribution in [0, 0.1) is 0 Å². The van der Waals surface area contributed by atoms with Crippen molar-refractivity contribution >= 4 is 31.6 Å². The van der Waals surface area contributed by atoms with Gasteiger partial charge in [0, 0.05) is 13.8 Å². The van der Waals surface area contributed by atoms with Gasteiger partial charge in [-0.1, -0.05) is 13.8 Å². The minimum absolute atomic E-state index is 0.588. The van der Waals surface area contributed by atoms with Gasteiger partial charge >= 0.3 is 11.9 Å². The molecule has 1 fully saturated rings. The molecule has 1 aliphatic rings. The minimum Gasteiger partial charge on any atom is -0.419 e. The Morgan fingerprint density at radius 3 is 1.52 bits per heavy atom. The molecule has 10 heteroatoms. The summed E-state index contributed by atoms with van der Waals surface area (Å²) in [5.41, 5.74) is -1.10. The number of esters is 2. The largest absolute Gasteiger partial charge is 0.419 e. The highest BCUT2D eigenvalue weighted by atomic mass is 32.3. The first-order chi connectivity index (χ1) is 9.38. The average Bonchev–Trinajstić information content (AvgIpc) is 2.32. The summed E-state index contributed by atoms with van der Waals surface area (Å²) in [6.45, 7) is 4.93. The second-order valence-electron chi connectivity index (χ2n) is 4.65. The van der Waals surface area contributed by atoms with Gasteiger partial charge in [-0.15, -0.1) is 0 Å². The highest BCUT2D eigenvalue weighted by molar-refractivity contribution is 8.14. The van der Waals surface area contributed by atoms with Crippen molar-refractivity contribution in [2.45, 2.75) is 33.5 Å². The first kappa shape index (κ1) is 17.6. The third kappa shape index (κ3) is 3.43. The maximum atomic E-state index is 12.0. The van der Waals surface area contributed by atoms with Gasteiger partial charge < -0.3 is 9.47 Å². The van der Waals surface area contributed by atoms with Gasteiger partial charge in [-0.05, 0) is 0 Å². The Balaban J connectivity index is 3.74. The van der Waals surface area contributed by atoms with E-state index in [1.807, 2.05) is 0 Å². The van der Waals surface area contributed by atoms with Crippen LogP contribution in [0.25, 0.3) is 0 Å². The van der Waals surface area contributed by atoms with Crippen molar-refractivity contribution in [3.63, 3.8) is 0 Å². The fraction of sp³-hybridized carbons (Fsp3) is 0.636. The molecule has 0 atom stereocenters. The number of ether oxygens (including phenoxy) is 2. The highest BCUT2D eigenvalue weighted by Gasteiger charge is 2.46. The molecule has 0 bridgehead atoms. The molecule has 1 aliphatic heterocycles. The van der Waals surface area contributed by atoms with Crippen LogP contribution in [-0.2, 0) is 38.7 Å². The summed E-state index contributed by atoms with van der Waals surface area (Å²) in [6, 6.07) is 0. The van der Waals surface area contributed by atoms with E-state index in [4.69, 9.17) is 9.47 Å². The van der Waals surface area contributed by atoms with E-state index in [0.29, 0.717) is 0 Å². The maximum absolute atomic E-state index is 12.0. The van der Waals surface area contributed by atoms with Crippen LogP contribution in [0.3, 0.4) is 0 Å². The van der Waals surface area contributed by atoms with Crippen molar-refractivity contribution in [3.8, 4) is 0 Å². The summed E-state index contributed by atoms with van der Waals surface area (Å²) in [5.74, 6) is -5.43. The molecule has 1 rings (SSSR count). The molecule has 0 aromatic heterocycles. The number of hydrogen-bond donors (Lipinski definition) is 0. The van der Waals surface area contributed by atoms with Gasteiger partial charge in [0.15, 0.2) is 29.5 Å². The fourth-order valence-electron chi connectivity index (χ4n) is 1.59. The number of rotatable bonds is 4. The van der Waals surface area contributed by atoms with E-state index in [1.165, 1.54) is 27.7 Å². The zero-order valence-electron chi connectivity index (χ0n) is 12.0. The molecular formula is C11H16O8S2. The normalized spacial score (nSPS) is 19.0. The van der Waals surface area contributed by atoms with Crippen LogP contribution >= 0.6 is 0 Å². The first-order valence-electron chi connectivity index (χ1n) is 6.04. The van der Waals surface area contributed by atoms with Crippen molar-refractivity contribution < 1.29 is 35.9 Å². The summed E-state index contributed by atoms with van der Waals surface area (Å²) >= 11 is 0. The minimum atomic E-state index is -4.34. The number of carbonyl (C=O) groups is 2. The first-order valence-corrected chi connectivity index (χ1v) is 9.35. The van der Waals surface area contributed by atoms with Crippen LogP contribution in [0.5, 0.6) is 0 Å². The molecule has 120 valence electrons. The zero-order chi connectivity index (χ0) is 16.6. The molecule has 0 spiro atoms. The molecule has 0 unspecified atom stereocenters. The predicted molar refractivity (Wildman–Crippen MR) is 72.2 cm³/mol. The molecule has 21 heavy (non-hydrogen) atoms. The van der Waals surface area contributed by atoms with Crippen LogP contribution in [0.4, 0.5) is 0 Å².